The van der Waals surface area contributed by atoms with E-state index in [4.69, 9.17) is 4.74 Å². The van der Waals surface area contributed by atoms with E-state index in [9.17, 15) is 4.79 Å². The fourth-order valence-electron chi connectivity index (χ4n) is 4.07. The number of carbonyl (C=O) groups is 1. The van der Waals surface area contributed by atoms with Crippen molar-refractivity contribution in [2.24, 2.45) is 5.92 Å². The minimum atomic E-state index is -0.156. The van der Waals surface area contributed by atoms with Gasteiger partial charge in [0, 0.05) is 42.2 Å². The molecule has 0 spiro atoms. The van der Waals surface area contributed by atoms with Crippen molar-refractivity contribution in [2.45, 2.75) is 44.6 Å². The number of aromatic nitrogens is 6. The average molecular weight is 441 g/mol. The van der Waals surface area contributed by atoms with Gasteiger partial charge in [0.25, 0.3) is 0 Å². The molecule has 2 saturated carbocycles. The molecule has 2 atom stereocenters. The lowest BCUT2D eigenvalue weighted by molar-refractivity contribution is -0.117. The average Bonchev–Trinajstić information content (AvgIpc) is 3.74. The van der Waals surface area contributed by atoms with E-state index in [1.54, 1.807) is 12.3 Å². The molecule has 2 fully saturated rings. The minimum Gasteiger partial charge on any atom is -0.485 e. The van der Waals surface area contributed by atoms with Crippen molar-refractivity contribution in [1.29, 1.82) is 0 Å². The first-order valence-corrected chi connectivity index (χ1v) is 11.2. The Bertz CT molecular complexity index is 1350. The Hall–Kier alpha value is -3.88. The quantitative estimate of drug-likeness (QED) is 0.468. The predicted molar refractivity (Wildman–Crippen MR) is 120 cm³/mol. The molecule has 9 nitrogen and oxygen atoms in total. The highest BCUT2D eigenvalue weighted by Gasteiger charge is 2.46. The molecular formula is C24H23N7O2. The number of nitrogens with one attached hydrogen (secondary N) is 1. The Labute approximate surface area is 190 Å². The van der Waals surface area contributed by atoms with Gasteiger partial charge in [-0.15, -0.1) is 5.10 Å². The Balaban J connectivity index is 1.08. The number of hydrogen-bond acceptors (Lipinski definition) is 7. The zero-order valence-corrected chi connectivity index (χ0v) is 18.2. The number of aryl methyl sites for hydroxylation is 1. The summed E-state index contributed by atoms with van der Waals surface area (Å²) in [5.41, 5.74) is 3.98. The third-order valence-electron chi connectivity index (χ3n) is 6.11. The molecule has 6 rings (SSSR count). The lowest BCUT2D eigenvalue weighted by Gasteiger charge is -2.07. The van der Waals surface area contributed by atoms with Crippen LogP contribution in [0.2, 0.25) is 0 Å². The standard InChI is InChI=1S/C24H23N7O2/c1-14-6-7-25-23(27-14)19-9-20(19)24(32)29-21-8-18(10-26-30-21)33-13-17-12-31-11-16(15-2-3-15)4-5-22(31)28-17/h4-8,10-12,15,19-20H,2-3,9,13H2,1H3,(H,29,30,32). The number of ether oxygens (including phenoxy) is 1. The Morgan fingerprint density at radius 2 is 2.12 bits per heavy atom. The van der Waals surface area contributed by atoms with Gasteiger partial charge in [0.05, 0.1) is 11.9 Å². The van der Waals surface area contributed by atoms with E-state index in [0.717, 1.165) is 29.3 Å². The smallest absolute Gasteiger partial charge is 0.229 e. The number of nitrogens with zero attached hydrogens (tertiary/aromatic N) is 6. The lowest BCUT2D eigenvalue weighted by Crippen LogP contribution is -2.16. The molecule has 0 aliphatic heterocycles. The summed E-state index contributed by atoms with van der Waals surface area (Å²) in [6.07, 6.45) is 10.7. The van der Waals surface area contributed by atoms with Gasteiger partial charge in [0.1, 0.15) is 23.8 Å². The molecule has 33 heavy (non-hydrogen) atoms. The summed E-state index contributed by atoms with van der Waals surface area (Å²) in [5.74, 6) is 2.08. The first-order chi connectivity index (χ1) is 16.1. The van der Waals surface area contributed by atoms with Crippen LogP contribution in [-0.2, 0) is 11.4 Å². The summed E-state index contributed by atoms with van der Waals surface area (Å²) < 4.78 is 7.91. The van der Waals surface area contributed by atoms with E-state index in [0.29, 0.717) is 24.1 Å². The molecule has 0 radical (unpaired) electrons. The van der Waals surface area contributed by atoms with Crippen LogP contribution in [0.4, 0.5) is 5.82 Å². The van der Waals surface area contributed by atoms with E-state index >= 15 is 0 Å². The number of hydrogen-bond donors (Lipinski definition) is 1. The van der Waals surface area contributed by atoms with Crippen molar-refractivity contribution in [3.8, 4) is 5.75 Å². The second kappa shape index (κ2) is 7.91. The molecule has 0 aromatic carbocycles. The third-order valence-corrected chi connectivity index (χ3v) is 6.11. The number of anilines is 1. The normalized spacial score (nSPS) is 19.4. The highest BCUT2D eigenvalue weighted by Crippen LogP contribution is 2.46. The molecule has 4 heterocycles. The number of pyridine rings is 1. The number of imidazole rings is 1. The van der Waals surface area contributed by atoms with Gasteiger partial charge in [0.2, 0.25) is 5.91 Å². The minimum absolute atomic E-state index is 0.0489. The van der Waals surface area contributed by atoms with E-state index in [1.165, 1.54) is 24.6 Å². The molecule has 0 bridgehead atoms. The molecule has 9 heteroatoms. The Kier molecular flexibility index (Phi) is 4.74. The van der Waals surface area contributed by atoms with Crippen molar-refractivity contribution < 1.29 is 9.53 Å². The van der Waals surface area contributed by atoms with Gasteiger partial charge < -0.3 is 14.5 Å². The van der Waals surface area contributed by atoms with Crippen LogP contribution in [-0.4, -0.2) is 35.5 Å². The first-order valence-electron chi connectivity index (χ1n) is 11.2. The summed E-state index contributed by atoms with van der Waals surface area (Å²) in [4.78, 5) is 26.0. The summed E-state index contributed by atoms with van der Waals surface area (Å²) in [5, 5.41) is 10.8. The van der Waals surface area contributed by atoms with Crippen molar-refractivity contribution in [3.05, 3.63) is 71.8 Å². The van der Waals surface area contributed by atoms with Crippen molar-refractivity contribution in [2.75, 3.05) is 5.32 Å². The molecule has 1 amide bonds. The van der Waals surface area contributed by atoms with Crippen LogP contribution < -0.4 is 10.1 Å². The SMILES string of the molecule is Cc1ccnc(C2CC2C(=O)Nc2cc(OCc3cn4cc(C5CC5)ccc4n3)cnn2)n1. The van der Waals surface area contributed by atoms with Crippen molar-refractivity contribution in [1.82, 2.24) is 29.5 Å². The number of fused-ring (bicyclic) bond motifs is 1. The van der Waals surface area contributed by atoms with E-state index < -0.39 is 0 Å². The van der Waals surface area contributed by atoms with Crippen LogP contribution in [0.15, 0.2) is 49.1 Å². The second-order valence-electron chi connectivity index (χ2n) is 8.79. The van der Waals surface area contributed by atoms with Crippen LogP contribution in [0.25, 0.3) is 5.65 Å². The predicted octanol–water partition coefficient (Wildman–Crippen LogP) is 3.42. The third kappa shape index (κ3) is 4.26. The lowest BCUT2D eigenvalue weighted by atomic mass is 10.2. The molecular weight excluding hydrogens is 418 g/mol. The highest BCUT2D eigenvalue weighted by molar-refractivity contribution is 5.94. The van der Waals surface area contributed by atoms with E-state index in [2.05, 4.69) is 42.7 Å². The maximum Gasteiger partial charge on any atom is 0.229 e. The van der Waals surface area contributed by atoms with Gasteiger partial charge in [-0.2, -0.15) is 5.10 Å². The largest absolute Gasteiger partial charge is 0.485 e. The maximum atomic E-state index is 12.6. The highest BCUT2D eigenvalue weighted by atomic mass is 16.5. The molecule has 2 unspecified atom stereocenters. The van der Waals surface area contributed by atoms with Crippen LogP contribution in [0, 0.1) is 12.8 Å². The van der Waals surface area contributed by atoms with Gasteiger partial charge >= 0.3 is 0 Å². The molecule has 166 valence electrons. The zero-order valence-electron chi connectivity index (χ0n) is 18.2. The molecule has 2 aliphatic carbocycles. The molecule has 4 aromatic rings. The number of rotatable bonds is 7. The van der Waals surface area contributed by atoms with Gasteiger partial charge in [0.15, 0.2) is 5.82 Å². The van der Waals surface area contributed by atoms with Crippen LogP contribution >= 0.6 is 0 Å². The van der Waals surface area contributed by atoms with Crippen LogP contribution in [0.5, 0.6) is 5.75 Å². The summed E-state index contributed by atoms with van der Waals surface area (Å²) >= 11 is 0. The second-order valence-corrected chi connectivity index (χ2v) is 8.79. The van der Waals surface area contributed by atoms with Gasteiger partial charge in [-0.05, 0) is 49.8 Å². The van der Waals surface area contributed by atoms with Gasteiger partial charge in [-0.1, -0.05) is 6.07 Å². The van der Waals surface area contributed by atoms with E-state index in [-0.39, 0.29) is 17.7 Å². The number of carbonyl (C=O) groups excluding carboxylic acids is 1. The van der Waals surface area contributed by atoms with Gasteiger partial charge in [-0.3, -0.25) is 4.79 Å². The van der Waals surface area contributed by atoms with Crippen LogP contribution in [0.1, 0.15) is 53.9 Å². The summed E-state index contributed by atoms with van der Waals surface area (Å²) in [7, 11) is 0. The first kappa shape index (κ1) is 19.8. The molecule has 4 aromatic heterocycles. The molecule has 1 N–H and O–H groups in total. The fourth-order valence-corrected chi connectivity index (χ4v) is 4.07. The maximum absolute atomic E-state index is 12.6. The summed E-state index contributed by atoms with van der Waals surface area (Å²) in [6, 6.07) is 7.72. The Morgan fingerprint density at radius 1 is 1.21 bits per heavy atom. The summed E-state index contributed by atoms with van der Waals surface area (Å²) in [6.45, 7) is 2.22. The number of amides is 1. The fraction of sp³-hybridized carbons (Fsp3) is 0.333. The van der Waals surface area contributed by atoms with Crippen LogP contribution in [0.3, 0.4) is 0 Å². The zero-order chi connectivity index (χ0) is 22.4. The van der Waals surface area contributed by atoms with Crippen molar-refractivity contribution >= 4 is 17.4 Å². The van der Waals surface area contributed by atoms with Gasteiger partial charge in [-0.25, -0.2) is 15.0 Å². The van der Waals surface area contributed by atoms with E-state index in [1.807, 2.05) is 29.7 Å². The topological polar surface area (TPSA) is 107 Å². The molecule has 0 saturated heterocycles. The monoisotopic (exact) mass is 441 g/mol. The molecule has 2 aliphatic rings. The Morgan fingerprint density at radius 3 is 2.97 bits per heavy atom. The van der Waals surface area contributed by atoms with Crippen molar-refractivity contribution in [3.63, 3.8) is 0 Å².